The molecule has 0 radical (unpaired) electrons. The maximum atomic E-state index is 11.5. The zero-order valence-electron chi connectivity index (χ0n) is 7.66. The number of hydrogen-bond donors (Lipinski definition) is 0. The highest BCUT2D eigenvalue weighted by Crippen LogP contribution is 2.09. The second-order valence-corrected chi connectivity index (χ2v) is 3.69. The van der Waals surface area contributed by atoms with Crippen molar-refractivity contribution in [2.45, 2.75) is 18.7 Å². The number of alkyl halides is 1. The summed E-state index contributed by atoms with van der Waals surface area (Å²) in [6.45, 7) is 4.67. The molecule has 0 saturated heterocycles. The third kappa shape index (κ3) is 1.80. The van der Waals surface area contributed by atoms with Gasteiger partial charge in [-0.15, -0.1) is 0 Å². The van der Waals surface area contributed by atoms with Gasteiger partial charge in [-0.25, -0.2) is 9.37 Å². The lowest BCUT2D eigenvalue weighted by atomic mass is 10.3. The second kappa shape index (κ2) is 4.00. The minimum Gasteiger partial charge on any atom is -0.245 e. The number of carbonyl (C=O) groups is 2. The molecule has 1 rings (SSSR count). The summed E-state index contributed by atoms with van der Waals surface area (Å²) in [6.07, 6.45) is 1.61. The van der Waals surface area contributed by atoms with Crippen molar-refractivity contribution in [2.24, 2.45) is 0 Å². The van der Waals surface area contributed by atoms with Gasteiger partial charge in [-0.2, -0.15) is 9.69 Å². The average molecular weight is 248 g/mol. The van der Waals surface area contributed by atoms with E-state index < -0.39 is 0 Å². The fourth-order valence-corrected chi connectivity index (χ4v) is 1.75. The van der Waals surface area contributed by atoms with E-state index in [9.17, 15) is 9.59 Å². The Bertz CT molecular complexity index is 275. The third-order valence-corrected chi connectivity index (χ3v) is 2.57. The van der Waals surface area contributed by atoms with Crippen LogP contribution >= 0.6 is 15.9 Å². The summed E-state index contributed by atoms with van der Waals surface area (Å²) in [5.74, 6) is -0.183. The molecule has 0 spiro atoms. The molecular formula is C8H12BrN2O2+. The molecule has 1 aliphatic rings. The van der Waals surface area contributed by atoms with E-state index in [0.717, 1.165) is 0 Å². The number of imide groups is 1. The quantitative estimate of drug-likeness (QED) is 0.536. The van der Waals surface area contributed by atoms with Crippen LogP contribution in [0.1, 0.15) is 13.8 Å². The molecule has 0 aromatic heterocycles. The van der Waals surface area contributed by atoms with Crippen molar-refractivity contribution in [3.63, 3.8) is 0 Å². The van der Waals surface area contributed by atoms with E-state index in [1.165, 1.54) is 9.48 Å². The first-order valence-electron chi connectivity index (χ1n) is 4.22. The predicted molar refractivity (Wildman–Crippen MR) is 52.4 cm³/mol. The first-order chi connectivity index (χ1) is 6.11. The van der Waals surface area contributed by atoms with Gasteiger partial charge >= 0.3 is 11.9 Å². The van der Waals surface area contributed by atoms with E-state index in [-0.39, 0.29) is 16.8 Å². The van der Waals surface area contributed by atoms with Crippen molar-refractivity contribution in [1.82, 2.24) is 4.90 Å². The van der Waals surface area contributed by atoms with Gasteiger partial charge < -0.3 is 0 Å². The molecule has 3 amide bonds. The zero-order valence-corrected chi connectivity index (χ0v) is 9.24. The average Bonchev–Trinajstić information content (AvgIpc) is 2.12. The SMILES string of the molecule is CCN1C(=O)C(Br)C=[N+](CC)C1=O. The monoisotopic (exact) mass is 247 g/mol. The van der Waals surface area contributed by atoms with Crippen LogP contribution in [0.25, 0.3) is 0 Å². The summed E-state index contributed by atoms with van der Waals surface area (Å²) in [5, 5.41) is 0. The Labute approximate surface area is 85.3 Å². The van der Waals surface area contributed by atoms with E-state index in [1.807, 2.05) is 6.92 Å². The van der Waals surface area contributed by atoms with E-state index in [2.05, 4.69) is 15.9 Å². The summed E-state index contributed by atoms with van der Waals surface area (Å²) in [6, 6.07) is -0.231. The van der Waals surface area contributed by atoms with Gasteiger partial charge in [0.1, 0.15) is 0 Å². The molecule has 0 saturated carbocycles. The van der Waals surface area contributed by atoms with Crippen LogP contribution in [0.2, 0.25) is 0 Å². The van der Waals surface area contributed by atoms with Gasteiger partial charge in [-0.1, -0.05) is 15.9 Å². The van der Waals surface area contributed by atoms with Gasteiger partial charge in [0.05, 0.1) is 19.3 Å². The van der Waals surface area contributed by atoms with E-state index in [0.29, 0.717) is 13.1 Å². The van der Waals surface area contributed by atoms with Crippen molar-refractivity contribution >= 4 is 34.1 Å². The molecule has 0 aliphatic carbocycles. The number of hydrogen-bond acceptors (Lipinski definition) is 2. The smallest absolute Gasteiger partial charge is 0.245 e. The van der Waals surface area contributed by atoms with Crippen molar-refractivity contribution in [3.05, 3.63) is 0 Å². The van der Waals surface area contributed by atoms with E-state index >= 15 is 0 Å². The van der Waals surface area contributed by atoms with Crippen molar-refractivity contribution in [1.29, 1.82) is 0 Å². The summed E-state index contributed by atoms with van der Waals surface area (Å²) in [4.78, 5) is 23.8. The lowest BCUT2D eigenvalue weighted by Crippen LogP contribution is -2.51. The van der Waals surface area contributed by atoms with Crippen LogP contribution in [0.4, 0.5) is 4.79 Å². The topological polar surface area (TPSA) is 40.4 Å². The molecule has 0 aromatic rings. The highest BCUT2D eigenvalue weighted by molar-refractivity contribution is 9.10. The molecule has 0 bridgehead atoms. The highest BCUT2D eigenvalue weighted by atomic mass is 79.9. The molecule has 0 aromatic carbocycles. The number of urea groups is 1. The Kier molecular flexibility index (Phi) is 3.19. The minimum absolute atomic E-state index is 0.183. The Morgan fingerprint density at radius 1 is 1.54 bits per heavy atom. The van der Waals surface area contributed by atoms with E-state index in [4.69, 9.17) is 0 Å². The molecule has 72 valence electrons. The molecule has 1 aliphatic heterocycles. The maximum absolute atomic E-state index is 11.5. The van der Waals surface area contributed by atoms with Crippen LogP contribution in [0.15, 0.2) is 0 Å². The van der Waals surface area contributed by atoms with Gasteiger partial charge in [0.15, 0.2) is 4.83 Å². The molecule has 1 unspecified atom stereocenters. The molecule has 1 heterocycles. The largest absolute Gasteiger partial charge is 0.500 e. The summed E-state index contributed by atoms with van der Waals surface area (Å²) >= 11 is 3.20. The fourth-order valence-electron chi connectivity index (χ4n) is 1.22. The van der Waals surface area contributed by atoms with Gasteiger partial charge in [-0.05, 0) is 13.8 Å². The molecule has 0 N–H and O–H groups in total. The number of amides is 3. The lowest BCUT2D eigenvalue weighted by molar-refractivity contribution is -0.429. The molecule has 1 atom stereocenters. The van der Waals surface area contributed by atoms with Crippen LogP contribution in [0.5, 0.6) is 0 Å². The standard InChI is InChI=1S/C8H12BrN2O2/c1-3-10-5-6(9)7(12)11(4-2)8(10)13/h5-6H,3-4H2,1-2H3/q+1. The summed E-state index contributed by atoms with van der Waals surface area (Å²) in [5.41, 5.74) is 0. The number of halogens is 1. The van der Waals surface area contributed by atoms with Gasteiger partial charge in [0, 0.05) is 0 Å². The second-order valence-electron chi connectivity index (χ2n) is 2.70. The van der Waals surface area contributed by atoms with Crippen LogP contribution in [-0.2, 0) is 4.79 Å². The normalized spacial score (nSPS) is 23.5. The van der Waals surface area contributed by atoms with Crippen molar-refractivity contribution in [2.75, 3.05) is 13.1 Å². The first-order valence-corrected chi connectivity index (χ1v) is 5.14. The van der Waals surface area contributed by atoms with Crippen LogP contribution in [0.3, 0.4) is 0 Å². The van der Waals surface area contributed by atoms with Crippen molar-refractivity contribution in [3.8, 4) is 0 Å². The van der Waals surface area contributed by atoms with Crippen LogP contribution in [0, 0.1) is 0 Å². The Hall–Kier alpha value is -0.710. The van der Waals surface area contributed by atoms with Gasteiger partial charge in [0.2, 0.25) is 0 Å². The molecule has 4 nitrogen and oxygen atoms in total. The van der Waals surface area contributed by atoms with Gasteiger partial charge in [-0.3, -0.25) is 0 Å². The van der Waals surface area contributed by atoms with Crippen LogP contribution in [-0.4, -0.2) is 45.5 Å². The number of carbonyl (C=O) groups excluding carboxylic acids is 2. The fraction of sp³-hybridized carbons (Fsp3) is 0.625. The Balaban J connectivity index is 3.00. The predicted octanol–water partition coefficient (Wildman–Crippen LogP) is 0.835. The Morgan fingerprint density at radius 2 is 2.15 bits per heavy atom. The first kappa shape index (κ1) is 10.4. The minimum atomic E-state index is -0.370. The molecular weight excluding hydrogens is 236 g/mol. The zero-order chi connectivity index (χ0) is 10.0. The summed E-state index contributed by atoms with van der Waals surface area (Å²) in [7, 11) is 0. The number of rotatable bonds is 2. The molecule has 5 heteroatoms. The Morgan fingerprint density at radius 3 is 2.62 bits per heavy atom. The van der Waals surface area contributed by atoms with E-state index in [1.54, 1.807) is 13.1 Å². The molecule has 0 fully saturated rings. The van der Waals surface area contributed by atoms with Crippen LogP contribution < -0.4 is 0 Å². The lowest BCUT2D eigenvalue weighted by Gasteiger charge is -2.18. The number of nitrogens with zero attached hydrogens (tertiary/aromatic N) is 2. The summed E-state index contributed by atoms with van der Waals surface area (Å²) < 4.78 is 1.53. The highest BCUT2D eigenvalue weighted by Gasteiger charge is 2.39. The third-order valence-electron chi connectivity index (χ3n) is 1.95. The van der Waals surface area contributed by atoms with Gasteiger partial charge in [0.25, 0.3) is 0 Å². The molecule has 13 heavy (non-hydrogen) atoms. The maximum Gasteiger partial charge on any atom is 0.500 e. The van der Waals surface area contributed by atoms with Crippen molar-refractivity contribution < 1.29 is 14.2 Å².